The van der Waals surface area contributed by atoms with E-state index in [-0.39, 0.29) is 0 Å². The van der Waals surface area contributed by atoms with E-state index in [1.54, 1.807) is 0 Å². The minimum atomic E-state index is 0.481. The maximum absolute atomic E-state index is 5.42. The maximum Gasteiger partial charge on any atom is 0.0471 e. The molecule has 0 aromatic carbocycles. The van der Waals surface area contributed by atoms with Crippen molar-refractivity contribution in [1.82, 2.24) is 5.32 Å². The molecule has 15 heavy (non-hydrogen) atoms. The van der Waals surface area contributed by atoms with Crippen molar-refractivity contribution in [1.29, 1.82) is 0 Å². The molecule has 0 spiro atoms. The molecule has 2 heterocycles. The highest BCUT2D eigenvalue weighted by Gasteiger charge is 2.29. The summed E-state index contributed by atoms with van der Waals surface area (Å²) in [5.41, 5.74) is 0.481. The second kappa shape index (κ2) is 5.07. The second-order valence-corrected chi connectivity index (χ2v) is 6.85. The molecule has 2 atom stereocenters. The molecular weight excluding hydrogens is 206 g/mol. The third kappa shape index (κ3) is 3.36. The fourth-order valence-corrected chi connectivity index (χ4v) is 3.57. The molecule has 2 aliphatic heterocycles. The van der Waals surface area contributed by atoms with Crippen molar-refractivity contribution < 1.29 is 4.74 Å². The van der Waals surface area contributed by atoms with Crippen LogP contribution in [-0.2, 0) is 4.74 Å². The molecule has 88 valence electrons. The van der Waals surface area contributed by atoms with Crippen molar-refractivity contribution in [3.05, 3.63) is 0 Å². The van der Waals surface area contributed by atoms with Gasteiger partial charge in [-0.2, -0.15) is 11.8 Å². The van der Waals surface area contributed by atoms with Crippen LogP contribution in [0.3, 0.4) is 0 Å². The molecule has 3 heteroatoms. The van der Waals surface area contributed by atoms with Gasteiger partial charge in [-0.05, 0) is 24.7 Å². The Hall–Kier alpha value is 0.270. The van der Waals surface area contributed by atoms with E-state index >= 15 is 0 Å². The molecule has 0 aromatic heterocycles. The number of hydrogen-bond donors (Lipinski definition) is 1. The van der Waals surface area contributed by atoms with Gasteiger partial charge in [0.05, 0.1) is 0 Å². The molecule has 0 aromatic rings. The zero-order valence-electron chi connectivity index (χ0n) is 9.92. The number of thioether (sulfide) groups is 1. The summed E-state index contributed by atoms with van der Waals surface area (Å²) in [6, 6.07) is 0.754. The Bertz CT molecular complexity index is 204. The van der Waals surface area contributed by atoms with Crippen LogP contribution in [0.5, 0.6) is 0 Å². The van der Waals surface area contributed by atoms with Crippen molar-refractivity contribution in [2.75, 3.05) is 25.5 Å². The number of hydrogen-bond acceptors (Lipinski definition) is 3. The van der Waals surface area contributed by atoms with Crippen LogP contribution in [0.25, 0.3) is 0 Å². The van der Waals surface area contributed by atoms with Gasteiger partial charge in [0.25, 0.3) is 0 Å². The van der Waals surface area contributed by atoms with Gasteiger partial charge in [0.2, 0.25) is 0 Å². The fourth-order valence-electron chi connectivity index (χ4n) is 2.39. The van der Waals surface area contributed by atoms with Crippen molar-refractivity contribution in [2.24, 2.45) is 5.41 Å². The molecule has 2 unspecified atom stereocenters. The third-order valence-electron chi connectivity index (χ3n) is 3.72. The van der Waals surface area contributed by atoms with E-state index in [0.717, 1.165) is 24.5 Å². The Balaban J connectivity index is 1.72. The highest BCUT2D eigenvalue weighted by molar-refractivity contribution is 8.00. The van der Waals surface area contributed by atoms with E-state index in [1.165, 1.54) is 31.6 Å². The standard InChI is InChI=1S/C12H23NOS/c1-10-7-11(8-15-10)13-9-12(2)3-5-14-6-4-12/h10-11,13H,3-9H2,1-2H3. The van der Waals surface area contributed by atoms with Crippen molar-refractivity contribution in [3.8, 4) is 0 Å². The zero-order chi connectivity index (χ0) is 10.7. The SMILES string of the molecule is CC1CC(NCC2(C)CCOCC2)CS1. The topological polar surface area (TPSA) is 21.3 Å². The first-order valence-corrected chi connectivity index (χ1v) is 7.16. The van der Waals surface area contributed by atoms with Gasteiger partial charge in [-0.25, -0.2) is 0 Å². The summed E-state index contributed by atoms with van der Waals surface area (Å²) in [4.78, 5) is 0. The quantitative estimate of drug-likeness (QED) is 0.802. The summed E-state index contributed by atoms with van der Waals surface area (Å²) in [6.45, 7) is 7.81. The lowest BCUT2D eigenvalue weighted by Crippen LogP contribution is -2.41. The zero-order valence-corrected chi connectivity index (χ0v) is 10.7. The van der Waals surface area contributed by atoms with Crippen LogP contribution in [0.2, 0.25) is 0 Å². The Kier molecular flexibility index (Phi) is 3.97. The normalized spacial score (nSPS) is 35.6. The number of rotatable bonds is 3. The summed E-state index contributed by atoms with van der Waals surface area (Å²) < 4.78 is 5.42. The maximum atomic E-state index is 5.42. The van der Waals surface area contributed by atoms with Crippen LogP contribution in [-0.4, -0.2) is 36.8 Å². The Morgan fingerprint density at radius 1 is 1.40 bits per heavy atom. The van der Waals surface area contributed by atoms with E-state index in [1.807, 2.05) is 0 Å². The van der Waals surface area contributed by atoms with Crippen LogP contribution in [0, 0.1) is 5.41 Å². The summed E-state index contributed by atoms with van der Waals surface area (Å²) in [7, 11) is 0. The molecule has 2 aliphatic rings. The lowest BCUT2D eigenvalue weighted by Gasteiger charge is -2.34. The average molecular weight is 229 g/mol. The summed E-state index contributed by atoms with van der Waals surface area (Å²) in [5.74, 6) is 1.30. The van der Waals surface area contributed by atoms with E-state index in [2.05, 4.69) is 30.9 Å². The average Bonchev–Trinajstić information content (AvgIpc) is 2.63. The minimum absolute atomic E-state index is 0.481. The molecular formula is C12H23NOS. The molecule has 0 radical (unpaired) electrons. The summed E-state index contributed by atoms with van der Waals surface area (Å²) in [5, 5.41) is 4.60. The van der Waals surface area contributed by atoms with E-state index < -0.39 is 0 Å². The molecule has 2 fully saturated rings. The first-order chi connectivity index (χ1) is 7.18. The highest BCUT2D eigenvalue weighted by atomic mass is 32.2. The summed E-state index contributed by atoms with van der Waals surface area (Å²) in [6.07, 6.45) is 3.78. The first kappa shape index (κ1) is 11.7. The van der Waals surface area contributed by atoms with Crippen LogP contribution in [0.4, 0.5) is 0 Å². The van der Waals surface area contributed by atoms with E-state index in [0.29, 0.717) is 5.41 Å². The van der Waals surface area contributed by atoms with Crippen LogP contribution in [0.1, 0.15) is 33.1 Å². The van der Waals surface area contributed by atoms with Gasteiger partial charge in [0.15, 0.2) is 0 Å². The molecule has 2 nitrogen and oxygen atoms in total. The Morgan fingerprint density at radius 2 is 2.13 bits per heavy atom. The predicted octanol–water partition coefficient (Wildman–Crippen LogP) is 2.29. The van der Waals surface area contributed by atoms with Gasteiger partial charge in [-0.3, -0.25) is 0 Å². The molecule has 2 saturated heterocycles. The summed E-state index contributed by atoms with van der Waals surface area (Å²) >= 11 is 2.10. The van der Waals surface area contributed by atoms with E-state index in [4.69, 9.17) is 4.74 Å². The van der Waals surface area contributed by atoms with Gasteiger partial charge in [0.1, 0.15) is 0 Å². The fraction of sp³-hybridized carbons (Fsp3) is 1.00. The number of ether oxygens (including phenoxy) is 1. The van der Waals surface area contributed by atoms with Gasteiger partial charge >= 0.3 is 0 Å². The van der Waals surface area contributed by atoms with Gasteiger partial charge in [-0.15, -0.1) is 0 Å². The molecule has 2 rings (SSSR count). The highest BCUT2D eigenvalue weighted by Crippen LogP contribution is 2.31. The van der Waals surface area contributed by atoms with Crippen molar-refractivity contribution in [3.63, 3.8) is 0 Å². The molecule has 0 amide bonds. The molecule has 1 N–H and O–H groups in total. The first-order valence-electron chi connectivity index (χ1n) is 6.11. The Labute approximate surface area is 97.5 Å². The van der Waals surface area contributed by atoms with Crippen LogP contribution in [0.15, 0.2) is 0 Å². The predicted molar refractivity (Wildman–Crippen MR) is 66.5 cm³/mol. The lowest BCUT2D eigenvalue weighted by molar-refractivity contribution is 0.0231. The Morgan fingerprint density at radius 3 is 2.73 bits per heavy atom. The smallest absolute Gasteiger partial charge is 0.0471 e. The molecule has 0 saturated carbocycles. The van der Waals surface area contributed by atoms with Crippen LogP contribution >= 0.6 is 11.8 Å². The van der Waals surface area contributed by atoms with Gasteiger partial charge < -0.3 is 10.1 Å². The number of nitrogens with one attached hydrogen (secondary N) is 1. The molecule has 0 bridgehead atoms. The third-order valence-corrected chi connectivity index (χ3v) is 5.07. The minimum Gasteiger partial charge on any atom is -0.381 e. The van der Waals surface area contributed by atoms with Crippen molar-refractivity contribution in [2.45, 2.75) is 44.4 Å². The van der Waals surface area contributed by atoms with Gasteiger partial charge in [0, 0.05) is 36.8 Å². The second-order valence-electron chi connectivity index (χ2n) is 5.38. The van der Waals surface area contributed by atoms with Gasteiger partial charge in [-0.1, -0.05) is 13.8 Å². The largest absolute Gasteiger partial charge is 0.381 e. The monoisotopic (exact) mass is 229 g/mol. The van der Waals surface area contributed by atoms with E-state index in [9.17, 15) is 0 Å². The molecule has 0 aliphatic carbocycles. The van der Waals surface area contributed by atoms with Crippen LogP contribution < -0.4 is 5.32 Å². The lowest BCUT2D eigenvalue weighted by atomic mass is 9.82. The van der Waals surface area contributed by atoms with Crippen molar-refractivity contribution >= 4 is 11.8 Å².